The molecule has 0 saturated carbocycles. The minimum Gasteiger partial charge on any atom is -0.392 e. The second-order valence-corrected chi connectivity index (χ2v) is 5.23. The molecule has 1 saturated heterocycles. The van der Waals surface area contributed by atoms with Gasteiger partial charge in [-0.05, 0) is 22.4 Å². The number of rotatable bonds is 4. The van der Waals surface area contributed by atoms with Gasteiger partial charge in [0, 0.05) is 6.42 Å². The van der Waals surface area contributed by atoms with Crippen molar-refractivity contribution in [2.24, 2.45) is 0 Å². The Morgan fingerprint density at radius 3 is 2.33 bits per heavy atom. The van der Waals surface area contributed by atoms with Gasteiger partial charge in [0.25, 0.3) is 0 Å². The molecule has 1 unspecified atom stereocenters. The molecule has 0 aromatic rings. The summed E-state index contributed by atoms with van der Waals surface area (Å²) in [6.07, 6.45) is -1.06. The Morgan fingerprint density at radius 2 is 1.93 bits per heavy atom. The first-order valence-electron chi connectivity index (χ1n) is 4.98. The fourth-order valence-electron chi connectivity index (χ4n) is 1.65. The van der Waals surface area contributed by atoms with E-state index in [0.29, 0.717) is 6.42 Å². The van der Waals surface area contributed by atoms with E-state index in [1.54, 1.807) is 0 Å². The average Bonchev–Trinajstić information content (AvgIpc) is 2.39. The normalized spacial score (nSPS) is 46.0. The minimum absolute atomic E-state index is 0.217. The van der Waals surface area contributed by atoms with Crippen molar-refractivity contribution in [1.29, 1.82) is 0 Å². The molecule has 1 rings (SSSR count). The summed E-state index contributed by atoms with van der Waals surface area (Å²) in [7, 11) is 0. The van der Waals surface area contributed by atoms with E-state index in [-0.39, 0.29) is 6.42 Å². The smallest absolute Gasteiger partial charge is 0.196 e. The predicted octanol–water partition coefficient (Wildman–Crippen LogP) is -0.299. The topological polar surface area (TPSA) is 90.2 Å². The molecule has 0 radical (unpaired) electrons. The molecule has 1 heterocycles. The molecule has 1 aliphatic rings. The molecule has 0 aromatic carbocycles. The van der Waals surface area contributed by atoms with Crippen LogP contribution in [0.25, 0.3) is 0 Å². The lowest BCUT2D eigenvalue weighted by Crippen LogP contribution is -2.43. The summed E-state index contributed by atoms with van der Waals surface area (Å²) in [5, 5.41) is 38.2. The lowest BCUT2D eigenvalue weighted by atomic mass is 10.0. The van der Waals surface area contributed by atoms with Crippen LogP contribution in [0.1, 0.15) is 26.2 Å². The van der Waals surface area contributed by atoms with E-state index in [4.69, 9.17) is 9.84 Å². The highest BCUT2D eigenvalue weighted by Gasteiger charge is 2.60. The predicted molar refractivity (Wildman–Crippen MR) is 56.3 cm³/mol. The van der Waals surface area contributed by atoms with E-state index in [9.17, 15) is 15.3 Å². The number of halogens is 1. The van der Waals surface area contributed by atoms with Crippen LogP contribution in [0.3, 0.4) is 0 Å². The Bertz CT molecular complexity index is 227. The fourth-order valence-corrected chi connectivity index (χ4v) is 2.18. The summed E-state index contributed by atoms with van der Waals surface area (Å²) in [5.41, 5.74) is 0. The van der Waals surface area contributed by atoms with E-state index in [1.165, 1.54) is 0 Å². The first kappa shape index (κ1) is 13.3. The highest BCUT2D eigenvalue weighted by Crippen LogP contribution is 2.43. The third kappa shape index (κ3) is 2.35. The molecule has 0 amide bonds. The maximum absolute atomic E-state index is 9.95. The first-order chi connectivity index (χ1) is 6.89. The molecule has 15 heavy (non-hydrogen) atoms. The molecule has 0 spiro atoms. The van der Waals surface area contributed by atoms with Crippen LogP contribution in [0.5, 0.6) is 0 Å². The maximum atomic E-state index is 9.95. The lowest BCUT2D eigenvalue weighted by molar-refractivity contribution is -0.239. The number of unbranched alkanes of at least 4 members (excludes halogenated alkanes) is 1. The van der Waals surface area contributed by atoms with Gasteiger partial charge in [0.05, 0.1) is 6.61 Å². The zero-order valence-corrected chi connectivity index (χ0v) is 10.1. The van der Waals surface area contributed by atoms with Crippen molar-refractivity contribution in [3.8, 4) is 0 Å². The van der Waals surface area contributed by atoms with Crippen LogP contribution in [0, 0.1) is 0 Å². The SMILES string of the molecule is CCCCC1(O)O[C@](Br)(CO)[C@@H](O)[C@@H]1O. The van der Waals surface area contributed by atoms with Gasteiger partial charge < -0.3 is 25.2 Å². The van der Waals surface area contributed by atoms with Crippen LogP contribution in [-0.4, -0.2) is 49.5 Å². The summed E-state index contributed by atoms with van der Waals surface area (Å²) in [6.45, 7) is 1.41. The van der Waals surface area contributed by atoms with Gasteiger partial charge in [0.1, 0.15) is 12.2 Å². The van der Waals surface area contributed by atoms with Gasteiger partial charge in [0.2, 0.25) is 0 Å². The number of alkyl halides is 1. The van der Waals surface area contributed by atoms with Crippen LogP contribution < -0.4 is 0 Å². The molecule has 5 nitrogen and oxygen atoms in total. The number of hydrogen-bond donors (Lipinski definition) is 4. The molecule has 4 N–H and O–H groups in total. The number of aliphatic hydroxyl groups excluding tert-OH is 3. The third-order valence-electron chi connectivity index (χ3n) is 2.65. The molecule has 6 heteroatoms. The van der Waals surface area contributed by atoms with Crippen LogP contribution in [0.2, 0.25) is 0 Å². The summed E-state index contributed by atoms with van der Waals surface area (Å²) in [4.78, 5) is 0. The van der Waals surface area contributed by atoms with E-state index >= 15 is 0 Å². The highest BCUT2D eigenvalue weighted by molar-refractivity contribution is 9.10. The summed E-state index contributed by atoms with van der Waals surface area (Å²) in [6, 6.07) is 0. The van der Waals surface area contributed by atoms with Crippen molar-refractivity contribution in [1.82, 2.24) is 0 Å². The molecule has 0 bridgehead atoms. The maximum Gasteiger partial charge on any atom is 0.196 e. The summed E-state index contributed by atoms with van der Waals surface area (Å²) < 4.78 is 3.66. The molecule has 1 aliphatic heterocycles. The Kier molecular flexibility index (Phi) is 4.13. The van der Waals surface area contributed by atoms with E-state index in [2.05, 4.69) is 15.9 Å². The second kappa shape index (κ2) is 4.65. The monoisotopic (exact) mass is 284 g/mol. The third-order valence-corrected chi connectivity index (χ3v) is 3.54. The zero-order valence-electron chi connectivity index (χ0n) is 8.56. The van der Waals surface area contributed by atoms with Crippen molar-refractivity contribution < 1.29 is 25.2 Å². The van der Waals surface area contributed by atoms with Gasteiger partial charge in [0.15, 0.2) is 10.3 Å². The van der Waals surface area contributed by atoms with Crippen molar-refractivity contribution in [3.05, 3.63) is 0 Å². The largest absolute Gasteiger partial charge is 0.392 e. The van der Waals surface area contributed by atoms with Crippen LogP contribution >= 0.6 is 15.9 Å². The van der Waals surface area contributed by atoms with Gasteiger partial charge in [-0.3, -0.25) is 0 Å². The van der Waals surface area contributed by atoms with E-state index < -0.39 is 29.1 Å². The Hall–Kier alpha value is 0.280. The zero-order chi connectivity index (χ0) is 11.7. The average molecular weight is 285 g/mol. The van der Waals surface area contributed by atoms with E-state index in [1.807, 2.05) is 6.92 Å². The fraction of sp³-hybridized carbons (Fsp3) is 1.00. The quantitative estimate of drug-likeness (QED) is 0.533. The Labute approximate surface area is 96.8 Å². The molecule has 90 valence electrons. The summed E-state index contributed by atoms with van der Waals surface area (Å²) in [5.74, 6) is -1.79. The molecule has 4 atom stereocenters. The number of ether oxygens (including phenoxy) is 1. The number of hydrogen-bond acceptors (Lipinski definition) is 5. The van der Waals surface area contributed by atoms with Crippen molar-refractivity contribution in [2.45, 2.75) is 48.7 Å². The molecule has 0 aliphatic carbocycles. The van der Waals surface area contributed by atoms with Crippen molar-refractivity contribution in [3.63, 3.8) is 0 Å². The highest BCUT2D eigenvalue weighted by atomic mass is 79.9. The molecule has 0 aromatic heterocycles. The molecular formula is C9H17BrO5. The Morgan fingerprint density at radius 1 is 1.33 bits per heavy atom. The van der Waals surface area contributed by atoms with Crippen molar-refractivity contribution >= 4 is 15.9 Å². The van der Waals surface area contributed by atoms with Crippen molar-refractivity contribution in [2.75, 3.05) is 6.61 Å². The lowest BCUT2D eigenvalue weighted by Gasteiger charge is -2.27. The van der Waals surface area contributed by atoms with Gasteiger partial charge >= 0.3 is 0 Å². The van der Waals surface area contributed by atoms with Crippen LogP contribution in [0.4, 0.5) is 0 Å². The van der Waals surface area contributed by atoms with Gasteiger partial charge in [-0.15, -0.1) is 0 Å². The van der Waals surface area contributed by atoms with Crippen LogP contribution in [-0.2, 0) is 4.74 Å². The molecule has 1 fully saturated rings. The van der Waals surface area contributed by atoms with Gasteiger partial charge in [-0.25, -0.2) is 0 Å². The minimum atomic E-state index is -1.79. The van der Waals surface area contributed by atoms with Gasteiger partial charge in [-0.2, -0.15) is 0 Å². The molecular weight excluding hydrogens is 268 g/mol. The first-order valence-corrected chi connectivity index (χ1v) is 5.77. The number of aliphatic hydroxyl groups is 4. The van der Waals surface area contributed by atoms with Gasteiger partial charge in [-0.1, -0.05) is 13.3 Å². The summed E-state index contributed by atoms with van der Waals surface area (Å²) >= 11 is 2.98. The second-order valence-electron chi connectivity index (χ2n) is 3.88. The van der Waals surface area contributed by atoms with E-state index in [0.717, 1.165) is 6.42 Å². The standard InChI is InChI=1S/C9H17BrO5/c1-2-3-4-9(14)7(13)6(12)8(10,5-11)15-9/h6-7,11-14H,2-5H2,1H3/t6-,7-,8+,9?/m0/s1. The van der Waals surface area contributed by atoms with Crippen LogP contribution in [0.15, 0.2) is 0 Å². The Balaban J connectivity index is 2.77.